The van der Waals surface area contributed by atoms with Gasteiger partial charge in [0.1, 0.15) is 0 Å². The summed E-state index contributed by atoms with van der Waals surface area (Å²) in [6, 6.07) is 0. The van der Waals surface area contributed by atoms with Crippen molar-refractivity contribution in [3.05, 3.63) is 11.6 Å². The lowest BCUT2D eigenvalue weighted by Gasteiger charge is -2.10. The van der Waals surface area contributed by atoms with Crippen LogP contribution in [0.2, 0.25) is 0 Å². The molecule has 0 amide bonds. The summed E-state index contributed by atoms with van der Waals surface area (Å²) in [4.78, 5) is 0. The number of hydrogen-bond donors (Lipinski definition) is 1. The van der Waals surface area contributed by atoms with Crippen molar-refractivity contribution >= 4 is 17.3 Å². The van der Waals surface area contributed by atoms with Crippen molar-refractivity contribution < 1.29 is 5.11 Å². The van der Waals surface area contributed by atoms with Gasteiger partial charge in [0.15, 0.2) is 5.05 Å². The van der Waals surface area contributed by atoms with E-state index in [1.807, 2.05) is 0 Å². The summed E-state index contributed by atoms with van der Waals surface area (Å²) < 4.78 is 0. The summed E-state index contributed by atoms with van der Waals surface area (Å²) in [6.07, 6.45) is 7.66. The first-order chi connectivity index (χ1) is 4.79. The molecular weight excluding hydrogens is 144 g/mol. The van der Waals surface area contributed by atoms with Crippen molar-refractivity contribution in [1.82, 2.24) is 0 Å². The Balaban J connectivity index is 2.38. The van der Waals surface area contributed by atoms with Gasteiger partial charge in [0.05, 0.1) is 0 Å². The quantitative estimate of drug-likeness (QED) is 0.490. The zero-order valence-corrected chi connectivity index (χ0v) is 6.78. The summed E-state index contributed by atoms with van der Waals surface area (Å²) in [6.45, 7) is 0. The molecule has 0 aromatic heterocycles. The van der Waals surface area contributed by atoms with E-state index in [0.29, 0.717) is 6.42 Å². The van der Waals surface area contributed by atoms with Gasteiger partial charge in [0.2, 0.25) is 0 Å². The maximum Gasteiger partial charge on any atom is 0.160 e. The average Bonchev–Trinajstić information content (AvgIpc) is 1.88. The molecular formula is C8H12OS. The normalized spacial score (nSPS) is 18.2. The molecule has 0 unspecified atom stereocenters. The first-order valence-corrected chi connectivity index (χ1v) is 4.09. The van der Waals surface area contributed by atoms with Crippen LogP contribution in [0.4, 0.5) is 0 Å². The molecule has 0 spiro atoms. The minimum atomic E-state index is 0.133. The number of aliphatic hydroxyl groups is 1. The summed E-state index contributed by atoms with van der Waals surface area (Å²) in [5, 5.41) is 8.93. The number of hydrogen-bond acceptors (Lipinski definition) is 1. The van der Waals surface area contributed by atoms with Crippen molar-refractivity contribution in [2.24, 2.45) is 0 Å². The third-order valence-electron chi connectivity index (χ3n) is 1.76. The van der Waals surface area contributed by atoms with E-state index in [4.69, 9.17) is 5.11 Å². The van der Waals surface area contributed by atoms with Gasteiger partial charge in [-0.15, -0.1) is 0 Å². The second kappa shape index (κ2) is 3.71. The molecule has 0 aromatic carbocycles. The van der Waals surface area contributed by atoms with E-state index < -0.39 is 0 Å². The highest BCUT2D eigenvalue weighted by Gasteiger charge is 2.04. The second-order valence-corrected chi connectivity index (χ2v) is 3.15. The highest BCUT2D eigenvalue weighted by atomic mass is 32.1. The molecule has 0 saturated carbocycles. The molecule has 0 bridgehead atoms. The molecule has 0 fully saturated rings. The van der Waals surface area contributed by atoms with Crippen LogP contribution < -0.4 is 0 Å². The van der Waals surface area contributed by atoms with Gasteiger partial charge < -0.3 is 5.11 Å². The highest BCUT2D eigenvalue weighted by molar-refractivity contribution is 7.80. The predicted octanol–water partition coefficient (Wildman–Crippen LogP) is 2.76. The molecule has 1 N–H and O–H groups in total. The van der Waals surface area contributed by atoms with Gasteiger partial charge in [-0.05, 0) is 37.9 Å². The van der Waals surface area contributed by atoms with Crippen LogP contribution in [0.25, 0.3) is 0 Å². The number of thiocarbonyl (C=S) groups is 1. The molecule has 1 aliphatic rings. The van der Waals surface area contributed by atoms with E-state index in [0.717, 1.165) is 12.8 Å². The summed E-state index contributed by atoms with van der Waals surface area (Å²) in [5.41, 5.74) is 1.32. The Hall–Kier alpha value is -0.370. The summed E-state index contributed by atoms with van der Waals surface area (Å²) >= 11 is 4.59. The SMILES string of the molecule is OC(=S)CC1=CCCCC1. The van der Waals surface area contributed by atoms with Gasteiger partial charge in [-0.3, -0.25) is 0 Å². The van der Waals surface area contributed by atoms with Crippen molar-refractivity contribution in [1.29, 1.82) is 0 Å². The van der Waals surface area contributed by atoms with Crippen LogP contribution in [0.5, 0.6) is 0 Å². The van der Waals surface area contributed by atoms with E-state index in [1.165, 1.54) is 18.4 Å². The number of allylic oxidation sites excluding steroid dienone is 1. The summed E-state index contributed by atoms with van der Waals surface area (Å²) in [5.74, 6) is 0. The van der Waals surface area contributed by atoms with Crippen LogP contribution >= 0.6 is 12.2 Å². The van der Waals surface area contributed by atoms with Crippen molar-refractivity contribution in [3.63, 3.8) is 0 Å². The van der Waals surface area contributed by atoms with Crippen LogP contribution in [-0.4, -0.2) is 10.2 Å². The summed E-state index contributed by atoms with van der Waals surface area (Å²) in [7, 11) is 0. The Kier molecular flexibility index (Phi) is 2.87. The van der Waals surface area contributed by atoms with Gasteiger partial charge in [-0.1, -0.05) is 11.6 Å². The second-order valence-electron chi connectivity index (χ2n) is 2.68. The van der Waals surface area contributed by atoms with E-state index >= 15 is 0 Å². The zero-order valence-electron chi connectivity index (χ0n) is 5.97. The standard InChI is InChI=1S/C8H12OS/c9-8(10)6-7-4-2-1-3-5-7/h4H,1-3,5-6H2,(H,9,10). The molecule has 0 aliphatic heterocycles. The van der Waals surface area contributed by atoms with Gasteiger partial charge in [-0.25, -0.2) is 0 Å². The van der Waals surface area contributed by atoms with Crippen LogP contribution in [0.3, 0.4) is 0 Å². The lowest BCUT2D eigenvalue weighted by molar-refractivity contribution is 0.550. The number of rotatable bonds is 2. The zero-order chi connectivity index (χ0) is 7.40. The van der Waals surface area contributed by atoms with Gasteiger partial charge in [0, 0.05) is 6.42 Å². The number of aliphatic hydroxyl groups excluding tert-OH is 1. The van der Waals surface area contributed by atoms with Gasteiger partial charge >= 0.3 is 0 Å². The third kappa shape index (κ3) is 2.48. The smallest absolute Gasteiger partial charge is 0.160 e. The lowest BCUT2D eigenvalue weighted by atomic mass is 9.98. The van der Waals surface area contributed by atoms with E-state index in [2.05, 4.69) is 18.3 Å². The average molecular weight is 156 g/mol. The first-order valence-electron chi connectivity index (χ1n) is 3.69. The van der Waals surface area contributed by atoms with E-state index in [9.17, 15) is 0 Å². The highest BCUT2D eigenvalue weighted by Crippen LogP contribution is 2.19. The fourth-order valence-corrected chi connectivity index (χ4v) is 1.44. The Morgan fingerprint density at radius 1 is 1.60 bits per heavy atom. The monoisotopic (exact) mass is 156 g/mol. The molecule has 0 heterocycles. The fraction of sp³-hybridized carbons (Fsp3) is 0.625. The van der Waals surface area contributed by atoms with Crippen LogP contribution in [0.15, 0.2) is 11.6 Å². The van der Waals surface area contributed by atoms with E-state index in [-0.39, 0.29) is 5.05 Å². The van der Waals surface area contributed by atoms with Crippen molar-refractivity contribution in [3.8, 4) is 0 Å². The molecule has 0 saturated heterocycles. The van der Waals surface area contributed by atoms with Crippen molar-refractivity contribution in [2.75, 3.05) is 0 Å². The maximum atomic E-state index is 8.80. The topological polar surface area (TPSA) is 20.2 Å². The largest absolute Gasteiger partial charge is 0.502 e. The molecule has 1 aliphatic carbocycles. The maximum absolute atomic E-state index is 8.80. The van der Waals surface area contributed by atoms with Crippen molar-refractivity contribution in [2.45, 2.75) is 32.1 Å². The van der Waals surface area contributed by atoms with Gasteiger partial charge in [-0.2, -0.15) is 0 Å². The molecule has 0 radical (unpaired) electrons. The van der Waals surface area contributed by atoms with Crippen LogP contribution in [0, 0.1) is 0 Å². The Morgan fingerprint density at radius 2 is 2.40 bits per heavy atom. The minimum Gasteiger partial charge on any atom is -0.502 e. The molecule has 56 valence electrons. The Morgan fingerprint density at radius 3 is 2.90 bits per heavy atom. The predicted molar refractivity (Wildman–Crippen MR) is 46.4 cm³/mol. The fourth-order valence-electron chi connectivity index (χ4n) is 1.26. The molecule has 0 aromatic rings. The third-order valence-corrected chi connectivity index (χ3v) is 1.91. The van der Waals surface area contributed by atoms with E-state index in [1.54, 1.807) is 0 Å². The molecule has 10 heavy (non-hydrogen) atoms. The first kappa shape index (κ1) is 7.73. The van der Waals surface area contributed by atoms with Crippen LogP contribution in [0.1, 0.15) is 32.1 Å². The Labute approximate surface area is 66.8 Å². The van der Waals surface area contributed by atoms with Crippen LogP contribution in [-0.2, 0) is 0 Å². The molecule has 2 heteroatoms. The molecule has 0 atom stereocenters. The molecule has 1 nitrogen and oxygen atoms in total. The minimum absolute atomic E-state index is 0.133. The lowest BCUT2D eigenvalue weighted by Crippen LogP contribution is -1.98. The Bertz CT molecular complexity index is 161. The van der Waals surface area contributed by atoms with Gasteiger partial charge in [0.25, 0.3) is 0 Å². The molecule has 1 rings (SSSR count).